The highest BCUT2D eigenvalue weighted by molar-refractivity contribution is 5.89. The molecule has 0 bridgehead atoms. The van der Waals surface area contributed by atoms with E-state index in [1.165, 1.54) is 25.7 Å². The van der Waals surface area contributed by atoms with Crippen molar-refractivity contribution in [2.75, 3.05) is 0 Å². The van der Waals surface area contributed by atoms with Gasteiger partial charge in [0.25, 0.3) is 0 Å². The lowest BCUT2D eigenvalue weighted by molar-refractivity contribution is -0.118. The molecule has 1 saturated carbocycles. The minimum Gasteiger partial charge on any atom is -0.465 e. The number of carbonyl (C=O) groups is 2. The fraction of sp³-hybridized carbons (Fsp3) is 0.714. The third-order valence-electron chi connectivity index (χ3n) is 1.28. The Balaban J connectivity index is 0.000000207. The second-order valence-electron chi connectivity index (χ2n) is 2.40. The van der Waals surface area contributed by atoms with Gasteiger partial charge in [0, 0.05) is 6.92 Å². The third-order valence-corrected chi connectivity index (χ3v) is 1.28. The highest BCUT2D eigenvalue weighted by Crippen LogP contribution is 2.15. The maximum atomic E-state index is 9.76. The van der Waals surface area contributed by atoms with Crippen molar-refractivity contribution in [1.29, 1.82) is 0 Å². The molecule has 1 aliphatic carbocycles. The third kappa shape index (κ3) is 8.94. The Morgan fingerprint density at radius 3 is 1.55 bits per heavy atom. The van der Waals surface area contributed by atoms with Gasteiger partial charge in [-0.15, -0.1) is 0 Å². The molecule has 0 aliphatic heterocycles. The number of imide groups is 1. The fourth-order valence-corrected chi connectivity index (χ4v) is 0.401. The lowest BCUT2D eigenvalue weighted by Crippen LogP contribution is -2.25. The molecule has 0 heterocycles. The molecule has 1 aliphatic rings. The summed E-state index contributed by atoms with van der Waals surface area (Å²) in [6.45, 7) is 1.13. The topological polar surface area (TPSA) is 66.4 Å². The lowest BCUT2D eigenvalue weighted by Gasteiger charge is -2.05. The highest BCUT2D eigenvalue weighted by Gasteiger charge is 1.95. The van der Waals surface area contributed by atoms with Crippen molar-refractivity contribution in [1.82, 2.24) is 5.32 Å². The van der Waals surface area contributed by atoms with Gasteiger partial charge in [0.2, 0.25) is 5.91 Å². The van der Waals surface area contributed by atoms with Gasteiger partial charge in [-0.25, -0.2) is 4.79 Å². The molecule has 0 aromatic heterocycles. The molecule has 0 saturated heterocycles. The summed E-state index contributed by atoms with van der Waals surface area (Å²) in [6, 6.07) is 0. The normalized spacial score (nSPS) is 13.5. The predicted octanol–water partition coefficient (Wildman–Crippen LogP) is 1.36. The molecule has 0 radical (unpaired) electrons. The molecule has 4 heteroatoms. The van der Waals surface area contributed by atoms with Crippen molar-refractivity contribution in [2.24, 2.45) is 0 Å². The Morgan fingerprint density at radius 1 is 1.18 bits per heavy atom. The minimum atomic E-state index is -1.31. The predicted molar refractivity (Wildman–Crippen MR) is 40.3 cm³/mol. The van der Waals surface area contributed by atoms with Crippen LogP contribution in [-0.4, -0.2) is 17.1 Å². The van der Waals surface area contributed by atoms with E-state index in [1.54, 1.807) is 5.32 Å². The summed E-state index contributed by atoms with van der Waals surface area (Å²) in [5.74, 6) is -0.562. The number of hydrogen-bond acceptors (Lipinski definition) is 2. The van der Waals surface area contributed by atoms with E-state index in [0.29, 0.717) is 0 Å². The summed E-state index contributed by atoms with van der Waals surface area (Å²) in [4.78, 5) is 19.2. The lowest BCUT2D eigenvalue weighted by atomic mass is 10.0. The number of carboxylic acid groups (broad SMARTS) is 1. The van der Waals surface area contributed by atoms with E-state index in [4.69, 9.17) is 5.11 Å². The van der Waals surface area contributed by atoms with Crippen LogP contribution in [0.3, 0.4) is 0 Å². The van der Waals surface area contributed by atoms with E-state index in [2.05, 4.69) is 0 Å². The summed E-state index contributed by atoms with van der Waals surface area (Å²) >= 11 is 0. The smallest absolute Gasteiger partial charge is 0.411 e. The first-order valence-corrected chi connectivity index (χ1v) is 3.63. The summed E-state index contributed by atoms with van der Waals surface area (Å²) in [5.41, 5.74) is 0. The molecule has 0 atom stereocenters. The zero-order chi connectivity index (χ0) is 8.69. The number of nitrogens with one attached hydrogen (secondary N) is 1. The summed E-state index contributed by atoms with van der Waals surface area (Å²) in [6.07, 6.45) is 4.69. The second kappa shape index (κ2) is 5.70. The number of rotatable bonds is 0. The number of amides is 2. The van der Waals surface area contributed by atoms with E-state index in [0.717, 1.165) is 6.92 Å². The molecular weight excluding hydrogens is 146 g/mol. The van der Waals surface area contributed by atoms with Gasteiger partial charge in [-0.2, -0.15) is 0 Å². The van der Waals surface area contributed by atoms with Crippen LogP contribution in [0.15, 0.2) is 0 Å². The van der Waals surface area contributed by atoms with E-state index in [1.807, 2.05) is 0 Å². The molecular formula is C7H13NO3. The van der Waals surface area contributed by atoms with Gasteiger partial charge in [-0.3, -0.25) is 10.1 Å². The zero-order valence-electron chi connectivity index (χ0n) is 6.59. The van der Waals surface area contributed by atoms with E-state index in [-0.39, 0.29) is 0 Å². The molecule has 0 unspecified atom stereocenters. The maximum Gasteiger partial charge on any atom is 0.411 e. The molecule has 4 nitrogen and oxygen atoms in total. The summed E-state index contributed by atoms with van der Waals surface area (Å²) in [7, 11) is 0. The van der Waals surface area contributed by atoms with Crippen LogP contribution in [0.4, 0.5) is 4.79 Å². The Morgan fingerprint density at radius 2 is 1.55 bits per heavy atom. The first-order chi connectivity index (χ1) is 5.13. The standard InChI is InChI=1S/C4H8.C3H5NO3/c1-2-4-3-1;1-2(5)4-3(6)7/h1-4H2;1H3,(H,4,5)(H,6,7). The van der Waals surface area contributed by atoms with Gasteiger partial charge >= 0.3 is 6.09 Å². The van der Waals surface area contributed by atoms with Gasteiger partial charge in [0.15, 0.2) is 0 Å². The molecule has 0 spiro atoms. The van der Waals surface area contributed by atoms with Gasteiger partial charge in [0.1, 0.15) is 0 Å². The molecule has 2 N–H and O–H groups in total. The number of hydrogen-bond donors (Lipinski definition) is 2. The second-order valence-corrected chi connectivity index (χ2v) is 2.40. The van der Waals surface area contributed by atoms with Crippen LogP contribution in [0.5, 0.6) is 0 Å². The van der Waals surface area contributed by atoms with Crippen molar-refractivity contribution in [3.05, 3.63) is 0 Å². The highest BCUT2D eigenvalue weighted by atomic mass is 16.4. The molecule has 64 valence electrons. The van der Waals surface area contributed by atoms with Crippen molar-refractivity contribution in [3.8, 4) is 0 Å². The molecule has 0 aromatic carbocycles. The Labute approximate surface area is 65.6 Å². The summed E-state index contributed by atoms with van der Waals surface area (Å²) < 4.78 is 0. The molecule has 2 amide bonds. The maximum absolute atomic E-state index is 9.76. The monoisotopic (exact) mass is 159 g/mol. The Bertz CT molecular complexity index is 125. The molecule has 1 rings (SSSR count). The Hall–Kier alpha value is -1.06. The van der Waals surface area contributed by atoms with Gasteiger partial charge in [-0.1, -0.05) is 25.7 Å². The van der Waals surface area contributed by atoms with Crippen LogP contribution < -0.4 is 5.32 Å². The van der Waals surface area contributed by atoms with Crippen LogP contribution in [0.2, 0.25) is 0 Å². The fourth-order valence-electron chi connectivity index (χ4n) is 0.401. The van der Waals surface area contributed by atoms with Crippen LogP contribution in [-0.2, 0) is 4.79 Å². The molecule has 0 aromatic rings. The van der Waals surface area contributed by atoms with E-state index in [9.17, 15) is 9.59 Å². The van der Waals surface area contributed by atoms with E-state index < -0.39 is 12.0 Å². The minimum absolute atomic E-state index is 0.562. The van der Waals surface area contributed by atoms with Crippen molar-refractivity contribution >= 4 is 12.0 Å². The van der Waals surface area contributed by atoms with Crippen molar-refractivity contribution < 1.29 is 14.7 Å². The van der Waals surface area contributed by atoms with Gasteiger partial charge < -0.3 is 5.11 Å². The first kappa shape index (κ1) is 9.94. The quantitative estimate of drug-likeness (QED) is 0.560. The summed E-state index contributed by atoms with van der Waals surface area (Å²) in [5, 5.41) is 9.34. The first-order valence-electron chi connectivity index (χ1n) is 3.63. The zero-order valence-corrected chi connectivity index (χ0v) is 6.59. The molecule has 11 heavy (non-hydrogen) atoms. The van der Waals surface area contributed by atoms with Crippen molar-refractivity contribution in [2.45, 2.75) is 32.6 Å². The SMILES string of the molecule is C1CCC1.CC(=O)NC(=O)O. The van der Waals surface area contributed by atoms with Crippen LogP contribution in [0.1, 0.15) is 32.6 Å². The van der Waals surface area contributed by atoms with Gasteiger partial charge in [0.05, 0.1) is 0 Å². The van der Waals surface area contributed by atoms with Crippen molar-refractivity contribution in [3.63, 3.8) is 0 Å². The van der Waals surface area contributed by atoms with Crippen LogP contribution >= 0.6 is 0 Å². The van der Waals surface area contributed by atoms with Crippen LogP contribution in [0, 0.1) is 0 Å². The largest absolute Gasteiger partial charge is 0.465 e. The molecule has 1 fully saturated rings. The van der Waals surface area contributed by atoms with Gasteiger partial charge in [-0.05, 0) is 0 Å². The number of carbonyl (C=O) groups excluding carboxylic acids is 1. The van der Waals surface area contributed by atoms with E-state index >= 15 is 0 Å². The average Bonchev–Trinajstić information content (AvgIpc) is 1.52. The average molecular weight is 159 g/mol. The Kier molecular flexibility index (Phi) is 5.15. The van der Waals surface area contributed by atoms with Crippen LogP contribution in [0.25, 0.3) is 0 Å².